The zero-order chi connectivity index (χ0) is 22.2. The maximum atomic E-state index is 13.8. The van der Waals surface area contributed by atoms with E-state index in [2.05, 4.69) is 4.90 Å². The van der Waals surface area contributed by atoms with E-state index in [0.29, 0.717) is 43.4 Å². The normalized spacial score (nSPS) is 17.6. The number of likely N-dealkylation sites (N-methyl/N-ethyl adjacent to an activating group) is 1. The highest BCUT2D eigenvalue weighted by atomic mass is 35.5. The monoisotopic (exact) mass is 444 g/mol. The van der Waals surface area contributed by atoms with E-state index in [1.165, 1.54) is 12.1 Å². The van der Waals surface area contributed by atoms with Gasteiger partial charge in [-0.15, -0.1) is 0 Å². The molecule has 1 aromatic rings. The third kappa shape index (κ3) is 9.88. The van der Waals surface area contributed by atoms with Crippen molar-refractivity contribution >= 4 is 23.5 Å². The van der Waals surface area contributed by atoms with Crippen molar-refractivity contribution in [3.63, 3.8) is 0 Å². The van der Waals surface area contributed by atoms with E-state index in [1.54, 1.807) is 18.0 Å². The average molecular weight is 445 g/mol. The quantitative estimate of drug-likeness (QED) is 0.651. The Kier molecular flexibility index (Phi) is 9.77. The number of carboxylic acid groups (broad SMARTS) is 2. The van der Waals surface area contributed by atoms with Crippen molar-refractivity contribution in [2.45, 2.75) is 18.8 Å². The van der Waals surface area contributed by atoms with Gasteiger partial charge in [0.15, 0.2) is 0 Å². The van der Waals surface area contributed by atoms with Crippen LogP contribution in [0.3, 0.4) is 0 Å². The van der Waals surface area contributed by atoms with Gasteiger partial charge in [-0.25, -0.2) is 9.18 Å². The first-order chi connectivity index (χ1) is 13.4. The van der Waals surface area contributed by atoms with Crippen LogP contribution in [0, 0.1) is 5.82 Å². The molecule has 0 bridgehead atoms. The summed E-state index contributed by atoms with van der Waals surface area (Å²) in [6, 6.07) is 4.54. The molecule has 0 radical (unpaired) electrons. The molecule has 2 N–H and O–H groups in total. The van der Waals surface area contributed by atoms with Crippen molar-refractivity contribution in [3.05, 3.63) is 34.6 Å². The van der Waals surface area contributed by atoms with Crippen LogP contribution in [0.25, 0.3) is 0 Å². The molecule has 0 saturated carbocycles. The zero-order valence-electron chi connectivity index (χ0n) is 15.5. The number of rotatable bonds is 6. The lowest BCUT2D eigenvalue weighted by Crippen LogP contribution is -2.47. The lowest BCUT2D eigenvalue weighted by atomic mass is 10.1. The van der Waals surface area contributed by atoms with Crippen LogP contribution in [0.1, 0.15) is 5.56 Å². The van der Waals surface area contributed by atoms with Gasteiger partial charge >= 0.3 is 18.1 Å². The summed E-state index contributed by atoms with van der Waals surface area (Å²) >= 11 is 5.91. The van der Waals surface area contributed by atoms with E-state index in [4.69, 9.17) is 31.3 Å². The molecule has 1 unspecified atom stereocenters. The first kappa shape index (κ1) is 25.1. The number of alkyl halides is 3. The molecule has 1 atom stereocenters. The van der Waals surface area contributed by atoms with Crippen molar-refractivity contribution in [1.82, 2.24) is 9.80 Å². The second kappa shape index (κ2) is 11.3. The molecule has 2 rings (SSSR count). The number of halogens is 5. The van der Waals surface area contributed by atoms with Crippen molar-refractivity contribution in [1.29, 1.82) is 0 Å². The summed E-state index contributed by atoms with van der Waals surface area (Å²) in [6.45, 7) is 2.87. The zero-order valence-corrected chi connectivity index (χ0v) is 16.2. The third-order valence-electron chi connectivity index (χ3n) is 3.79. The number of carbonyl (C=O) groups is 2. The second-order valence-corrected chi connectivity index (χ2v) is 6.79. The molecule has 1 heterocycles. The first-order valence-corrected chi connectivity index (χ1v) is 8.74. The minimum atomic E-state index is -5.08. The molecule has 1 saturated heterocycles. The van der Waals surface area contributed by atoms with Gasteiger partial charge in [-0.1, -0.05) is 11.6 Å². The molecule has 1 aliphatic rings. The van der Waals surface area contributed by atoms with E-state index >= 15 is 0 Å². The lowest BCUT2D eigenvalue weighted by molar-refractivity contribution is -0.192. The molecule has 29 heavy (non-hydrogen) atoms. The van der Waals surface area contributed by atoms with E-state index in [0.717, 1.165) is 0 Å². The highest BCUT2D eigenvalue weighted by Crippen LogP contribution is 2.18. The number of carboxylic acids is 2. The Bertz CT molecular complexity index is 705. The van der Waals surface area contributed by atoms with Crippen LogP contribution in [-0.2, 0) is 20.9 Å². The van der Waals surface area contributed by atoms with Crippen LogP contribution >= 0.6 is 11.6 Å². The highest BCUT2D eigenvalue weighted by Gasteiger charge is 2.38. The number of morpholine rings is 1. The fourth-order valence-corrected chi connectivity index (χ4v) is 2.78. The summed E-state index contributed by atoms with van der Waals surface area (Å²) in [7, 11) is 1.74. The molecule has 12 heteroatoms. The maximum absolute atomic E-state index is 13.8. The van der Waals surface area contributed by atoms with Gasteiger partial charge in [0, 0.05) is 36.8 Å². The molecular weight excluding hydrogens is 424 g/mol. The molecule has 1 aliphatic heterocycles. The van der Waals surface area contributed by atoms with Crippen molar-refractivity contribution in [2.75, 3.05) is 39.8 Å². The number of benzene rings is 1. The molecule has 1 fully saturated rings. The van der Waals surface area contributed by atoms with Gasteiger partial charge in [-0.05, 0) is 25.2 Å². The molecule has 0 amide bonds. The van der Waals surface area contributed by atoms with Gasteiger partial charge in [0.1, 0.15) is 5.82 Å². The number of nitrogens with zero attached hydrogens (tertiary/aromatic N) is 2. The summed E-state index contributed by atoms with van der Waals surface area (Å²) in [5.41, 5.74) is 0.562. The summed E-state index contributed by atoms with van der Waals surface area (Å²) in [5.74, 6) is -3.89. The third-order valence-corrected chi connectivity index (χ3v) is 4.02. The Morgan fingerprint density at radius 3 is 2.52 bits per heavy atom. The molecular formula is C17H21ClF4N2O5. The van der Waals surface area contributed by atoms with E-state index < -0.39 is 18.1 Å². The Labute approximate surface area is 169 Å². The Hall–Kier alpha value is -1.95. The van der Waals surface area contributed by atoms with Crippen LogP contribution in [0.2, 0.25) is 5.02 Å². The Morgan fingerprint density at radius 1 is 1.34 bits per heavy atom. The highest BCUT2D eigenvalue weighted by molar-refractivity contribution is 6.30. The number of ether oxygens (including phenoxy) is 1. The van der Waals surface area contributed by atoms with Crippen LogP contribution in [0.4, 0.5) is 17.6 Å². The van der Waals surface area contributed by atoms with Crippen LogP contribution < -0.4 is 0 Å². The molecule has 164 valence electrons. The topological polar surface area (TPSA) is 90.3 Å². The van der Waals surface area contributed by atoms with Crippen molar-refractivity contribution in [3.8, 4) is 0 Å². The summed E-state index contributed by atoms with van der Waals surface area (Å²) in [6.07, 6.45) is -5.17. The fourth-order valence-electron chi connectivity index (χ4n) is 2.58. The van der Waals surface area contributed by atoms with E-state index in [-0.39, 0.29) is 18.5 Å². The summed E-state index contributed by atoms with van der Waals surface area (Å²) < 4.78 is 51.2. The van der Waals surface area contributed by atoms with E-state index in [1.807, 2.05) is 0 Å². The van der Waals surface area contributed by atoms with Crippen LogP contribution in [0.15, 0.2) is 18.2 Å². The predicted molar refractivity (Wildman–Crippen MR) is 95.3 cm³/mol. The molecule has 0 spiro atoms. The smallest absolute Gasteiger partial charge is 0.480 e. The Balaban J connectivity index is 0.000000516. The molecule has 7 nitrogen and oxygen atoms in total. The molecule has 0 aromatic heterocycles. The van der Waals surface area contributed by atoms with Gasteiger partial charge in [-0.3, -0.25) is 14.6 Å². The van der Waals surface area contributed by atoms with E-state index in [9.17, 15) is 22.4 Å². The molecule has 1 aromatic carbocycles. The van der Waals surface area contributed by atoms with Gasteiger partial charge in [0.2, 0.25) is 0 Å². The second-order valence-electron chi connectivity index (χ2n) is 6.36. The first-order valence-electron chi connectivity index (χ1n) is 8.36. The minimum Gasteiger partial charge on any atom is -0.480 e. The number of aliphatic carboxylic acids is 2. The Morgan fingerprint density at radius 2 is 1.97 bits per heavy atom. The van der Waals surface area contributed by atoms with Gasteiger partial charge < -0.3 is 14.9 Å². The number of hydrogen-bond donors (Lipinski definition) is 2. The molecule has 0 aliphatic carbocycles. The largest absolute Gasteiger partial charge is 0.490 e. The minimum absolute atomic E-state index is 0.0250. The lowest BCUT2D eigenvalue weighted by Gasteiger charge is -2.34. The van der Waals surface area contributed by atoms with Gasteiger partial charge in [-0.2, -0.15) is 13.2 Å². The van der Waals surface area contributed by atoms with Crippen LogP contribution in [0.5, 0.6) is 0 Å². The standard InChI is InChI=1S/C15H20ClFN2O3.C2HF3O2/c1-18(10-15(20)21)8-13-9-19(4-5-22-13)7-11-6-12(16)2-3-14(11)17;3-2(4,5)1(6)7/h2-3,6,13H,4-5,7-10H2,1H3,(H,20,21);(H,6,7). The summed E-state index contributed by atoms with van der Waals surface area (Å²) in [5, 5.41) is 16.4. The number of hydrogen-bond acceptors (Lipinski definition) is 5. The van der Waals surface area contributed by atoms with Crippen molar-refractivity contribution < 1.29 is 42.1 Å². The predicted octanol–water partition coefficient (Wildman–Crippen LogP) is 2.33. The maximum Gasteiger partial charge on any atom is 0.490 e. The SMILES string of the molecule is CN(CC(=O)O)CC1CN(Cc2cc(Cl)ccc2F)CCO1.O=C(O)C(F)(F)F. The fraction of sp³-hybridized carbons (Fsp3) is 0.529. The average Bonchev–Trinajstić information content (AvgIpc) is 2.57. The van der Waals surface area contributed by atoms with Gasteiger partial charge in [0.05, 0.1) is 19.3 Å². The van der Waals surface area contributed by atoms with Crippen molar-refractivity contribution in [2.24, 2.45) is 0 Å². The van der Waals surface area contributed by atoms with Crippen LogP contribution in [-0.4, -0.2) is 84.1 Å². The summed E-state index contributed by atoms with van der Waals surface area (Å²) in [4.78, 5) is 23.4. The van der Waals surface area contributed by atoms with Gasteiger partial charge in [0.25, 0.3) is 0 Å².